The molecule has 3 rings (SSSR count). The Morgan fingerprint density at radius 2 is 2.35 bits per heavy atom. The van der Waals surface area contributed by atoms with E-state index >= 15 is 0 Å². The molecule has 2 aromatic heterocycles. The van der Waals surface area contributed by atoms with Crippen LogP contribution in [0.5, 0.6) is 0 Å². The highest BCUT2D eigenvalue weighted by Crippen LogP contribution is 2.27. The highest BCUT2D eigenvalue weighted by atomic mass is 35.5. The Hall–Kier alpha value is -1.04. The predicted octanol–water partition coefficient (Wildman–Crippen LogP) is 1.57. The molecular formula is C10H13Cl2N5. The van der Waals surface area contributed by atoms with E-state index in [1.807, 2.05) is 0 Å². The number of halogens is 2. The molecule has 1 fully saturated rings. The molecule has 2 aromatic rings. The van der Waals surface area contributed by atoms with E-state index in [2.05, 4.69) is 20.1 Å². The minimum absolute atomic E-state index is 0. The lowest BCUT2D eigenvalue weighted by Gasteiger charge is -2.14. The molecule has 1 unspecified atom stereocenters. The highest BCUT2D eigenvalue weighted by molar-refractivity contribution is 6.30. The van der Waals surface area contributed by atoms with Gasteiger partial charge in [0.25, 0.3) is 0 Å². The van der Waals surface area contributed by atoms with Crippen molar-refractivity contribution in [1.82, 2.24) is 15.2 Å². The normalized spacial score (nSPS) is 19.6. The molecule has 0 aromatic carbocycles. The Morgan fingerprint density at radius 1 is 1.53 bits per heavy atom. The number of hydrogen-bond donors (Lipinski definition) is 2. The molecule has 5 nitrogen and oxygen atoms in total. The average Bonchev–Trinajstić information content (AvgIpc) is 2.83. The van der Waals surface area contributed by atoms with E-state index in [-0.39, 0.29) is 18.4 Å². The molecule has 0 radical (unpaired) electrons. The van der Waals surface area contributed by atoms with Crippen LogP contribution in [-0.2, 0) is 0 Å². The van der Waals surface area contributed by atoms with Crippen molar-refractivity contribution in [2.24, 2.45) is 5.73 Å². The third-order valence-electron chi connectivity index (χ3n) is 2.92. The summed E-state index contributed by atoms with van der Waals surface area (Å²) in [5.41, 5.74) is 6.80. The quantitative estimate of drug-likeness (QED) is 0.774. The fraction of sp³-hybridized carbons (Fsp3) is 0.400. The van der Waals surface area contributed by atoms with E-state index in [1.54, 1.807) is 12.3 Å². The van der Waals surface area contributed by atoms with Crippen LogP contribution < -0.4 is 10.6 Å². The van der Waals surface area contributed by atoms with Crippen LogP contribution in [0, 0.1) is 0 Å². The Kier molecular flexibility index (Phi) is 3.42. The lowest BCUT2D eigenvalue weighted by atomic mass is 10.3. The third-order valence-corrected chi connectivity index (χ3v) is 3.12. The number of rotatable bonds is 1. The second-order valence-electron chi connectivity index (χ2n) is 4.09. The largest absolute Gasteiger partial charge is 0.353 e. The zero-order valence-corrected chi connectivity index (χ0v) is 10.6. The molecule has 1 aliphatic rings. The van der Waals surface area contributed by atoms with Crippen molar-refractivity contribution in [3.8, 4) is 0 Å². The van der Waals surface area contributed by atoms with E-state index in [0.717, 1.165) is 36.2 Å². The van der Waals surface area contributed by atoms with E-state index in [9.17, 15) is 0 Å². The molecule has 3 heterocycles. The van der Waals surface area contributed by atoms with Gasteiger partial charge < -0.3 is 10.6 Å². The van der Waals surface area contributed by atoms with Crippen molar-refractivity contribution >= 4 is 40.7 Å². The fourth-order valence-electron chi connectivity index (χ4n) is 2.09. The molecule has 7 heteroatoms. The zero-order valence-electron chi connectivity index (χ0n) is 9.06. The highest BCUT2D eigenvalue weighted by Gasteiger charge is 2.22. The maximum Gasteiger partial charge on any atom is 0.159 e. The maximum absolute atomic E-state index is 5.88. The van der Waals surface area contributed by atoms with Crippen LogP contribution in [-0.4, -0.2) is 34.3 Å². The summed E-state index contributed by atoms with van der Waals surface area (Å²) in [5.74, 6) is 0.923. The standard InChI is InChI=1S/C10H12ClN5.ClH/c11-9-3-8-7(4-13-9)10(15-14-8)16-2-1-6(12)5-16;/h3-4,6H,1-2,5,12H2,(H,14,15);1H. The summed E-state index contributed by atoms with van der Waals surface area (Å²) in [7, 11) is 0. The minimum atomic E-state index is 0. The number of anilines is 1. The third kappa shape index (κ3) is 2.18. The van der Waals surface area contributed by atoms with Crippen molar-refractivity contribution in [1.29, 1.82) is 0 Å². The van der Waals surface area contributed by atoms with Crippen molar-refractivity contribution in [3.63, 3.8) is 0 Å². The number of fused-ring (bicyclic) bond motifs is 1. The Bertz CT molecular complexity index is 526. The van der Waals surface area contributed by atoms with E-state index in [4.69, 9.17) is 17.3 Å². The molecule has 0 bridgehead atoms. The van der Waals surface area contributed by atoms with Gasteiger partial charge in [0.1, 0.15) is 5.15 Å². The maximum atomic E-state index is 5.88. The first-order valence-corrected chi connectivity index (χ1v) is 5.62. The molecule has 17 heavy (non-hydrogen) atoms. The summed E-state index contributed by atoms with van der Waals surface area (Å²) in [6, 6.07) is 2.02. The lowest BCUT2D eigenvalue weighted by Crippen LogP contribution is -2.26. The van der Waals surface area contributed by atoms with Gasteiger partial charge in [-0.05, 0) is 6.42 Å². The van der Waals surface area contributed by atoms with Gasteiger partial charge in [-0.25, -0.2) is 4.98 Å². The van der Waals surface area contributed by atoms with E-state index in [1.165, 1.54) is 0 Å². The SMILES string of the molecule is Cl.NC1CCN(c2n[nH]c3cc(Cl)ncc23)C1. The number of H-pyrrole nitrogens is 1. The summed E-state index contributed by atoms with van der Waals surface area (Å²) in [6.07, 6.45) is 2.76. The first kappa shape index (κ1) is 12.4. The molecule has 0 spiro atoms. The Labute approximate surface area is 110 Å². The molecule has 3 N–H and O–H groups in total. The summed E-state index contributed by atoms with van der Waals surface area (Å²) < 4.78 is 0. The monoisotopic (exact) mass is 273 g/mol. The fourth-order valence-corrected chi connectivity index (χ4v) is 2.25. The first-order chi connectivity index (χ1) is 7.74. The topological polar surface area (TPSA) is 70.8 Å². The van der Waals surface area contributed by atoms with Gasteiger partial charge in [-0.2, -0.15) is 5.10 Å². The second kappa shape index (κ2) is 4.68. The van der Waals surface area contributed by atoms with Gasteiger partial charge in [-0.1, -0.05) is 11.6 Å². The number of aromatic nitrogens is 3. The molecule has 1 saturated heterocycles. The molecule has 92 valence electrons. The predicted molar refractivity (Wildman–Crippen MR) is 71.0 cm³/mol. The number of aromatic amines is 1. The van der Waals surface area contributed by atoms with Crippen LogP contribution in [0.2, 0.25) is 5.15 Å². The van der Waals surface area contributed by atoms with E-state index < -0.39 is 0 Å². The van der Waals surface area contributed by atoms with Gasteiger partial charge >= 0.3 is 0 Å². The second-order valence-corrected chi connectivity index (χ2v) is 4.48. The van der Waals surface area contributed by atoms with Gasteiger partial charge in [0, 0.05) is 31.4 Å². The Morgan fingerprint density at radius 3 is 3.06 bits per heavy atom. The Balaban J connectivity index is 0.00000108. The zero-order chi connectivity index (χ0) is 11.1. The van der Waals surface area contributed by atoms with Gasteiger partial charge in [0.05, 0.1) is 10.9 Å². The molecule has 0 amide bonds. The molecule has 0 saturated carbocycles. The molecule has 0 aliphatic carbocycles. The van der Waals surface area contributed by atoms with Crippen LogP contribution in [0.15, 0.2) is 12.3 Å². The van der Waals surface area contributed by atoms with Gasteiger partial charge in [0.2, 0.25) is 0 Å². The molecule has 1 atom stereocenters. The summed E-state index contributed by atoms with van der Waals surface area (Å²) >= 11 is 5.82. The smallest absolute Gasteiger partial charge is 0.159 e. The summed E-state index contributed by atoms with van der Waals surface area (Å²) in [5, 5.41) is 8.73. The van der Waals surface area contributed by atoms with Gasteiger partial charge in [-0.3, -0.25) is 5.10 Å². The van der Waals surface area contributed by atoms with Crippen molar-refractivity contribution in [3.05, 3.63) is 17.4 Å². The van der Waals surface area contributed by atoms with Gasteiger partial charge in [-0.15, -0.1) is 12.4 Å². The summed E-state index contributed by atoms with van der Waals surface area (Å²) in [6.45, 7) is 1.80. The molecule has 1 aliphatic heterocycles. The van der Waals surface area contributed by atoms with Gasteiger partial charge in [0.15, 0.2) is 5.82 Å². The minimum Gasteiger partial charge on any atom is -0.353 e. The van der Waals surface area contributed by atoms with Crippen LogP contribution in [0.1, 0.15) is 6.42 Å². The molecular weight excluding hydrogens is 261 g/mol. The first-order valence-electron chi connectivity index (χ1n) is 5.24. The number of hydrogen-bond acceptors (Lipinski definition) is 4. The van der Waals surface area contributed by atoms with Crippen molar-refractivity contribution < 1.29 is 0 Å². The average molecular weight is 274 g/mol. The van der Waals surface area contributed by atoms with E-state index in [0.29, 0.717) is 5.15 Å². The van der Waals surface area contributed by atoms with Crippen molar-refractivity contribution in [2.75, 3.05) is 18.0 Å². The van der Waals surface area contributed by atoms with Crippen LogP contribution in [0.3, 0.4) is 0 Å². The van der Waals surface area contributed by atoms with Crippen molar-refractivity contribution in [2.45, 2.75) is 12.5 Å². The lowest BCUT2D eigenvalue weighted by molar-refractivity contribution is 0.751. The number of nitrogens with one attached hydrogen (secondary N) is 1. The van der Waals surface area contributed by atoms with Crippen LogP contribution in [0.25, 0.3) is 10.9 Å². The number of nitrogens with zero attached hydrogens (tertiary/aromatic N) is 3. The van der Waals surface area contributed by atoms with Crippen LogP contribution >= 0.6 is 24.0 Å². The number of pyridine rings is 1. The number of nitrogens with two attached hydrogens (primary N) is 1. The van der Waals surface area contributed by atoms with Crippen LogP contribution in [0.4, 0.5) is 5.82 Å². The summed E-state index contributed by atoms with van der Waals surface area (Å²) in [4.78, 5) is 6.26.